The molecule has 0 bridgehead atoms. The molecule has 6 heteroatoms. The summed E-state index contributed by atoms with van der Waals surface area (Å²) in [5, 5.41) is 15.2. The van der Waals surface area contributed by atoms with Crippen LogP contribution in [0.15, 0.2) is 30.3 Å². The summed E-state index contributed by atoms with van der Waals surface area (Å²) in [6.07, 6.45) is 0. The molecule has 0 aliphatic carbocycles. The third-order valence-electron chi connectivity index (χ3n) is 1.61. The maximum Gasteiger partial charge on any atom is 0.270 e. The zero-order valence-electron chi connectivity index (χ0n) is 7.14. The van der Waals surface area contributed by atoms with E-state index in [0.717, 1.165) is 0 Å². The third kappa shape index (κ3) is 1.74. The molecule has 0 radical (unpaired) electrons. The Labute approximate surface area is 79.3 Å². The first-order valence-electron chi connectivity index (χ1n) is 3.96. The average Bonchev–Trinajstić information content (AvgIpc) is 2.72. The normalized spacial score (nSPS) is 9.71. The predicted molar refractivity (Wildman–Crippen MR) is 48.6 cm³/mol. The zero-order valence-corrected chi connectivity index (χ0v) is 7.14. The van der Waals surface area contributed by atoms with Gasteiger partial charge in [0, 0.05) is 5.56 Å². The lowest BCUT2D eigenvalue weighted by Gasteiger charge is -1.98. The number of hydrogen-bond acceptors (Lipinski definition) is 4. The van der Waals surface area contributed by atoms with E-state index in [9.17, 15) is 4.79 Å². The topological polar surface area (TPSA) is 83.6 Å². The van der Waals surface area contributed by atoms with Crippen molar-refractivity contribution in [3.8, 4) is 0 Å². The summed E-state index contributed by atoms with van der Waals surface area (Å²) in [4.78, 5) is 11.5. The Morgan fingerprint density at radius 1 is 1.29 bits per heavy atom. The Hall–Kier alpha value is -2.24. The summed E-state index contributed by atoms with van der Waals surface area (Å²) in [5.41, 5.74) is 0.553. The summed E-state index contributed by atoms with van der Waals surface area (Å²) in [6.45, 7) is 0. The molecule has 1 aromatic carbocycles. The fourth-order valence-corrected chi connectivity index (χ4v) is 0.978. The number of tetrazole rings is 1. The summed E-state index contributed by atoms with van der Waals surface area (Å²) >= 11 is 0. The maximum absolute atomic E-state index is 11.5. The molecule has 2 rings (SSSR count). The number of carbonyl (C=O) groups is 1. The predicted octanol–water partition coefficient (Wildman–Crippen LogP) is 0.452. The number of aromatic amines is 1. The molecule has 0 saturated heterocycles. The van der Waals surface area contributed by atoms with Crippen molar-refractivity contribution >= 4 is 11.9 Å². The van der Waals surface area contributed by atoms with Gasteiger partial charge in [-0.3, -0.25) is 10.1 Å². The van der Waals surface area contributed by atoms with E-state index in [0.29, 0.717) is 5.56 Å². The number of anilines is 1. The number of amides is 1. The molecule has 1 amide bonds. The van der Waals surface area contributed by atoms with Gasteiger partial charge < -0.3 is 0 Å². The molecule has 14 heavy (non-hydrogen) atoms. The molecule has 0 unspecified atom stereocenters. The monoisotopic (exact) mass is 189 g/mol. The first-order chi connectivity index (χ1) is 6.86. The van der Waals surface area contributed by atoms with Gasteiger partial charge in [0.1, 0.15) is 0 Å². The van der Waals surface area contributed by atoms with E-state index >= 15 is 0 Å². The zero-order chi connectivity index (χ0) is 9.80. The molecule has 0 saturated carbocycles. The van der Waals surface area contributed by atoms with Gasteiger partial charge in [0.2, 0.25) is 0 Å². The minimum absolute atomic E-state index is 0.166. The number of hydrogen-bond donors (Lipinski definition) is 2. The van der Waals surface area contributed by atoms with Gasteiger partial charge in [-0.05, 0) is 17.3 Å². The molecular formula is C8H7N5O. The number of nitrogens with one attached hydrogen (secondary N) is 2. The molecule has 0 spiro atoms. The van der Waals surface area contributed by atoms with Gasteiger partial charge in [-0.15, -0.1) is 5.10 Å². The van der Waals surface area contributed by atoms with Crippen LogP contribution in [0.3, 0.4) is 0 Å². The van der Waals surface area contributed by atoms with E-state index in [1.807, 2.05) is 6.07 Å². The molecule has 0 fully saturated rings. The second-order valence-electron chi connectivity index (χ2n) is 2.56. The molecule has 2 aromatic rings. The van der Waals surface area contributed by atoms with Crippen molar-refractivity contribution < 1.29 is 4.79 Å². The minimum atomic E-state index is -0.257. The molecule has 70 valence electrons. The van der Waals surface area contributed by atoms with Crippen LogP contribution in [0.1, 0.15) is 10.4 Å². The molecule has 1 heterocycles. The quantitative estimate of drug-likeness (QED) is 0.718. The van der Waals surface area contributed by atoms with Crippen LogP contribution in [0.5, 0.6) is 0 Å². The number of H-pyrrole nitrogens is 1. The highest BCUT2D eigenvalue weighted by atomic mass is 16.1. The third-order valence-corrected chi connectivity index (χ3v) is 1.61. The summed E-state index contributed by atoms with van der Waals surface area (Å²) < 4.78 is 0. The summed E-state index contributed by atoms with van der Waals surface area (Å²) in [7, 11) is 0. The number of benzene rings is 1. The van der Waals surface area contributed by atoms with Gasteiger partial charge in [-0.2, -0.15) is 5.21 Å². The van der Waals surface area contributed by atoms with Crippen LogP contribution in [0, 0.1) is 0 Å². The van der Waals surface area contributed by atoms with E-state index in [-0.39, 0.29) is 11.9 Å². The Morgan fingerprint density at radius 2 is 2.07 bits per heavy atom. The lowest BCUT2D eigenvalue weighted by atomic mass is 10.2. The maximum atomic E-state index is 11.5. The number of nitrogens with zero attached hydrogens (tertiary/aromatic N) is 3. The molecule has 0 aliphatic heterocycles. The van der Waals surface area contributed by atoms with Gasteiger partial charge in [-0.1, -0.05) is 23.3 Å². The van der Waals surface area contributed by atoms with E-state index in [4.69, 9.17) is 0 Å². The van der Waals surface area contributed by atoms with Crippen LogP contribution in [-0.2, 0) is 0 Å². The molecule has 6 nitrogen and oxygen atoms in total. The van der Waals surface area contributed by atoms with Crippen molar-refractivity contribution in [2.24, 2.45) is 0 Å². The van der Waals surface area contributed by atoms with Crippen LogP contribution < -0.4 is 5.32 Å². The highest BCUT2D eigenvalue weighted by molar-refractivity contribution is 6.03. The smallest absolute Gasteiger partial charge is 0.270 e. The van der Waals surface area contributed by atoms with E-state index < -0.39 is 0 Å². The summed E-state index contributed by atoms with van der Waals surface area (Å²) in [6, 6.07) is 8.81. The van der Waals surface area contributed by atoms with E-state index in [1.54, 1.807) is 24.3 Å². The second kappa shape index (κ2) is 3.65. The van der Waals surface area contributed by atoms with Crippen molar-refractivity contribution in [2.45, 2.75) is 0 Å². The largest absolute Gasteiger partial charge is 0.288 e. The second-order valence-corrected chi connectivity index (χ2v) is 2.56. The Morgan fingerprint density at radius 3 is 2.71 bits per heavy atom. The first-order valence-corrected chi connectivity index (χ1v) is 3.96. The van der Waals surface area contributed by atoms with Crippen molar-refractivity contribution in [3.05, 3.63) is 35.9 Å². The molecule has 0 atom stereocenters. The molecular weight excluding hydrogens is 182 g/mol. The Kier molecular flexibility index (Phi) is 2.18. The van der Waals surface area contributed by atoms with Crippen LogP contribution >= 0.6 is 0 Å². The Bertz CT molecular complexity index is 411. The molecule has 2 N–H and O–H groups in total. The Balaban J connectivity index is 2.11. The standard InChI is InChI=1S/C8H7N5O/c14-7(6-4-2-1-3-5-6)9-8-10-12-13-11-8/h1-5H,(H2,9,10,11,12,13,14). The molecule has 1 aromatic heterocycles. The lowest BCUT2D eigenvalue weighted by Crippen LogP contribution is -2.12. The van der Waals surface area contributed by atoms with Crippen molar-refractivity contribution in [3.63, 3.8) is 0 Å². The van der Waals surface area contributed by atoms with Gasteiger partial charge in [-0.25, -0.2) is 0 Å². The molecule has 0 aliphatic rings. The van der Waals surface area contributed by atoms with Gasteiger partial charge in [0.25, 0.3) is 11.9 Å². The lowest BCUT2D eigenvalue weighted by molar-refractivity contribution is 0.102. The fourth-order valence-electron chi connectivity index (χ4n) is 0.978. The van der Waals surface area contributed by atoms with Crippen molar-refractivity contribution in [1.29, 1.82) is 0 Å². The van der Waals surface area contributed by atoms with Crippen LogP contribution in [0.4, 0.5) is 5.95 Å². The highest BCUT2D eigenvalue weighted by Gasteiger charge is 2.06. The van der Waals surface area contributed by atoms with Gasteiger partial charge in [0.15, 0.2) is 0 Å². The SMILES string of the molecule is O=C(Nc1nn[nH]n1)c1ccccc1. The fraction of sp³-hybridized carbons (Fsp3) is 0. The van der Waals surface area contributed by atoms with Crippen LogP contribution in [-0.4, -0.2) is 26.5 Å². The van der Waals surface area contributed by atoms with Crippen molar-refractivity contribution in [2.75, 3.05) is 5.32 Å². The van der Waals surface area contributed by atoms with E-state index in [2.05, 4.69) is 25.9 Å². The van der Waals surface area contributed by atoms with Gasteiger partial charge in [0.05, 0.1) is 0 Å². The highest BCUT2D eigenvalue weighted by Crippen LogP contribution is 2.01. The number of rotatable bonds is 2. The van der Waals surface area contributed by atoms with Crippen molar-refractivity contribution in [1.82, 2.24) is 20.6 Å². The van der Waals surface area contributed by atoms with Crippen LogP contribution in [0.25, 0.3) is 0 Å². The first kappa shape index (κ1) is 8.36. The number of carbonyl (C=O) groups excluding carboxylic acids is 1. The minimum Gasteiger partial charge on any atom is -0.288 e. The van der Waals surface area contributed by atoms with E-state index in [1.165, 1.54) is 0 Å². The number of aromatic nitrogens is 4. The van der Waals surface area contributed by atoms with Gasteiger partial charge >= 0.3 is 0 Å². The average molecular weight is 189 g/mol. The van der Waals surface area contributed by atoms with Crippen LogP contribution in [0.2, 0.25) is 0 Å². The summed E-state index contributed by atoms with van der Waals surface area (Å²) in [5.74, 6) is -0.0918.